The number of pyridine rings is 1. The van der Waals surface area contributed by atoms with Crippen LogP contribution in [-0.2, 0) is 13.0 Å². The van der Waals surface area contributed by atoms with E-state index in [-0.39, 0.29) is 0 Å². The van der Waals surface area contributed by atoms with E-state index in [1.54, 1.807) is 0 Å². The molecule has 0 aromatic carbocycles. The predicted octanol–water partition coefficient (Wildman–Crippen LogP) is 2.31. The Morgan fingerprint density at radius 2 is 2.23 bits per heavy atom. The molecule has 22 heavy (non-hydrogen) atoms. The molecule has 0 bridgehead atoms. The second-order valence-electron chi connectivity index (χ2n) is 5.51. The topological polar surface area (TPSA) is 67.9 Å². The Morgan fingerprint density at radius 3 is 2.86 bits per heavy atom. The number of hydrogen-bond donors (Lipinski definition) is 1. The van der Waals surface area contributed by atoms with Crippen molar-refractivity contribution in [2.24, 2.45) is 0 Å². The first kappa shape index (κ1) is 14.7. The fourth-order valence-corrected chi connectivity index (χ4v) is 2.66. The summed E-state index contributed by atoms with van der Waals surface area (Å²) in [6.45, 7) is 4.76. The van der Waals surface area contributed by atoms with Crippen molar-refractivity contribution in [2.45, 2.75) is 26.3 Å². The molecule has 0 saturated carbocycles. The van der Waals surface area contributed by atoms with Gasteiger partial charge in [-0.2, -0.15) is 0 Å². The van der Waals surface area contributed by atoms with Gasteiger partial charge in [-0.3, -0.25) is 9.88 Å². The number of nitrogen functional groups attached to an aromatic ring is 1. The number of nitrogens with zero attached hydrogens (tertiary/aromatic N) is 4. The van der Waals surface area contributed by atoms with E-state index >= 15 is 0 Å². The van der Waals surface area contributed by atoms with Crippen LogP contribution in [0.15, 0.2) is 36.8 Å². The Labute approximate surface area is 130 Å². The standard InChI is InChI=1S/C17H21N5/c1-2-16-20-11-15(17(18)21-16)12-22-8-5-13(6-9-22)14-4-3-7-19-10-14/h3-5,7,10-11H,2,6,8-9,12H2,1H3,(H2,18,20,21). The van der Waals surface area contributed by atoms with E-state index < -0.39 is 0 Å². The van der Waals surface area contributed by atoms with Crippen LogP contribution < -0.4 is 5.73 Å². The monoisotopic (exact) mass is 295 g/mol. The van der Waals surface area contributed by atoms with Crippen LogP contribution in [0, 0.1) is 0 Å². The molecule has 0 unspecified atom stereocenters. The highest BCUT2D eigenvalue weighted by molar-refractivity contribution is 5.65. The minimum absolute atomic E-state index is 0.605. The maximum Gasteiger partial charge on any atom is 0.131 e. The number of aromatic nitrogens is 3. The van der Waals surface area contributed by atoms with Gasteiger partial charge in [0.1, 0.15) is 11.6 Å². The molecule has 2 N–H and O–H groups in total. The van der Waals surface area contributed by atoms with Gasteiger partial charge in [-0.25, -0.2) is 9.97 Å². The fraction of sp³-hybridized carbons (Fsp3) is 0.353. The average Bonchev–Trinajstić information content (AvgIpc) is 2.58. The van der Waals surface area contributed by atoms with Crippen molar-refractivity contribution in [3.63, 3.8) is 0 Å². The summed E-state index contributed by atoms with van der Waals surface area (Å²) in [4.78, 5) is 15.2. The maximum absolute atomic E-state index is 6.03. The zero-order valence-corrected chi connectivity index (χ0v) is 12.9. The molecule has 0 radical (unpaired) electrons. The minimum atomic E-state index is 0.605. The van der Waals surface area contributed by atoms with E-state index in [0.29, 0.717) is 5.82 Å². The first-order valence-corrected chi connectivity index (χ1v) is 7.68. The molecule has 0 spiro atoms. The first-order valence-electron chi connectivity index (χ1n) is 7.68. The third-order valence-electron chi connectivity index (χ3n) is 3.98. The Morgan fingerprint density at radius 1 is 1.32 bits per heavy atom. The van der Waals surface area contributed by atoms with E-state index in [2.05, 4.69) is 32.0 Å². The van der Waals surface area contributed by atoms with Crippen LogP contribution in [0.4, 0.5) is 5.82 Å². The van der Waals surface area contributed by atoms with Crippen molar-refractivity contribution in [3.8, 4) is 0 Å². The van der Waals surface area contributed by atoms with Gasteiger partial charge in [0.05, 0.1) is 0 Å². The van der Waals surface area contributed by atoms with Gasteiger partial charge in [0, 0.05) is 50.2 Å². The number of rotatable bonds is 4. The molecular formula is C17H21N5. The molecule has 5 nitrogen and oxygen atoms in total. The zero-order valence-electron chi connectivity index (χ0n) is 12.9. The quantitative estimate of drug-likeness (QED) is 0.937. The molecular weight excluding hydrogens is 274 g/mol. The van der Waals surface area contributed by atoms with Crippen molar-refractivity contribution in [1.29, 1.82) is 0 Å². The predicted molar refractivity (Wildman–Crippen MR) is 87.9 cm³/mol. The van der Waals surface area contributed by atoms with Crippen LogP contribution in [0.3, 0.4) is 0 Å². The summed E-state index contributed by atoms with van der Waals surface area (Å²) in [6.07, 6.45) is 9.71. The van der Waals surface area contributed by atoms with E-state index in [0.717, 1.165) is 43.9 Å². The minimum Gasteiger partial charge on any atom is -0.383 e. The summed E-state index contributed by atoms with van der Waals surface area (Å²) in [5.74, 6) is 1.41. The Kier molecular flexibility index (Phi) is 4.44. The first-order chi connectivity index (χ1) is 10.8. The lowest BCUT2D eigenvalue weighted by Gasteiger charge is -2.26. The Bertz CT molecular complexity index is 666. The summed E-state index contributed by atoms with van der Waals surface area (Å²) in [7, 11) is 0. The third kappa shape index (κ3) is 3.31. The van der Waals surface area contributed by atoms with Gasteiger partial charge in [-0.05, 0) is 23.6 Å². The molecule has 2 aromatic heterocycles. The average molecular weight is 295 g/mol. The molecule has 3 heterocycles. The number of aryl methyl sites for hydroxylation is 1. The van der Waals surface area contributed by atoms with E-state index in [1.165, 1.54) is 11.1 Å². The summed E-state index contributed by atoms with van der Waals surface area (Å²) in [6, 6.07) is 4.10. The second kappa shape index (κ2) is 6.66. The Hall–Kier alpha value is -2.27. The lowest BCUT2D eigenvalue weighted by molar-refractivity contribution is 0.293. The van der Waals surface area contributed by atoms with Gasteiger partial charge in [0.15, 0.2) is 0 Å². The lowest BCUT2D eigenvalue weighted by Crippen LogP contribution is -2.28. The summed E-state index contributed by atoms with van der Waals surface area (Å²) in [5, 5.41) is 0. The fourth-order valence-electron chi connectivity index (χ4n) is 2.66. The molecule has 2 aromatic rings. The zero-order chi connectivity index (χ0) is 15.4. The smallest absolute Gasteiger partial charge is 0.131 e. The van der Waals surface area contributed by atoms with Gasteiger partial charge < -0.3 is 5.73 Å². The molecule has 114 valence electrons. The van der Waals surface area contributed by atoms with Crippen molar-refractivity contribution in [1.82, 2.24) is 19.9 Å². The molecule has 5 heteroatoms. The van der Waals surface area contributed by atoms with Gasteiger partial charge in [-0.1, -0.05) is 19.1 Å². The number of anilines is 1. The summed E-state index contributed by atoms with van der Waals surface area (Å²) in [5.41, 5.74) is 9.63. The molecule has 0 aliphatic carbocycles. The van der Waals surface area contributed by atoms with Crippen molar-refractivity contribution < 1.29 is 0 Å². The molecule has 0 atom stereocenters. The van der Waals surface area contributed by atoms with Crippen LogP contribution in [0.5, 0.6) is 0 Å². The van der Waals surface area contributed by atoms with E-state index in [4.69, 9.17) is 5.73 Å². The van der Waals surface area contributed by atoms with Crippen LogP contribution in [-0.4, -0.2) is 32.9 Å². The summed E-state index contributed by atoms with van der Waals surface area (Å²) < 4.78 is 0. The normalized spacial score (nSPS) is 15.6. The summed E-state index contributed by atoms with van der Waals surface area (Å²) >= 11 is 0. The molecule has 0 amide bonds. The van der Waals surface area contributed by atoms with Gasteiger partial charge in [-0.15, -0.1) is 0 Å². The molecule has 3 rings (SSSR count). The van der Waals surface area contributed by atoms with Crippen LogP contribution in [0.1, 0.15) is 30.3 Å². The molecule has 0 saturated heterocycles. The van der Waals surface area contributed by atoms with Crippen molar-refractivity contribution >= 4 is 11.4 Å². The number of hydrogen-bond acceptors (Lipinski definition) is 5. The highest BCUT2D eigenvalue weighted by Gasteiger charge is 2.15. The van der Waals surface area contributed by atoms with Crippen LogP contribution in [0.2, 0.25) is 0 Å². The Balaban J connectivity index is 1.66. The van der Waals surface area contributed by atoms with Crippen molar-refractivity contribution in [3.05, 3.63) is 53.8 Å². The van der Waals surface area contributed by atoms with Crippen molar-refractivity contribution in [2.75, 3.05) is 18.8 Å². The third-order valence-corrected chi connectivity index (χ3v) is 3.98. The molecule has 1 aliphatic heterocycles. The van der Waals surface area contributed by atoms with E-state index in [9.17, 15) is 0 Å². The highest BCUT2D eigenvalue weighted by Crippen LogP contribution is 2.23. The van der Waals surface area contributed by atoms with E-state index in [1.807, 2.05) is 31.6 Å². The van der Waals surface area contributed by atoms with Gasteiger partial charge in [0.2, 0.25) is 0 Å². The maximum atomic E-state index is 6.03. The van der Waals surface area contributed by atoms with Crippen LogP contribution in [0.25, 0.3) is 5.57 Å². The lowest BCUT2D eigenvalue weighted by atomic mass is 10.0. The van der Waals surface area contributed by atoms with Gasteiger partial charge in [0.25, 0.3) is 0 Å². The SMILES string of the molecule is CCc1ncc(CN2CC=C(c3cccnc3)CC2)c(N)n1. The van der Waals surface area contributed by atoms with Crippen LogP contribution >= 0.6 is 0 Å². The number of nitrogens with two attached hydrogens (primary N) is 1. The second-order valence-corrected chi connectivity index (χ2v) is 5.51. The molecule has 0 fully saturated rings. The molecule has 1 aliphatic rings. The van der Waals surface area contributed by atoms with Gasteiger partial charge >= 0.3 is 0 Å². The highest BCUT2D eigenvalue weighted by atomic mass is 15.1. The largest absolute Gasteiger partial charge is 0.383 e.